The Morgan fingerprint density at radius 2 is 1.97 bits per heavy atom. The lowest BCUT2D eigenvalue weighted by Crippen LogP contribution is -2.43. The Hall–Kier alpha value is -4.40. The molecule has 2 amide bonds. The van der Waals surface area contributed by atoms with Gasteiger partial charge in [0.05, 0.1) is 30.2 Å². The minimum absolute atomic E-state index is 0.178. The molecule has 3 aromatic rings. The van der Waals surface area contributed by atoms with Crippen LogP contribution in [-0.2, 0) is 11.0 Å². The molecule has 1 aliphatic heterocycles. The topological polar surface area (TPSA) is 99.0 Å². The van der Waals surface area contributed by atoms with Crippen LogP contribution in [0.2, 0.25) is 0 Å². The number of hydrogen-bond acceptors (Lipinski definition) is 5. The number of aromatic nitrogens is 2. The number of fused-ring (bicyclic) bond motifs is 1. The Labute approximate surface area is 213 Å². The van der Waals surface area contributed by atoms with Gasteiger partial charge in [0.2, 0.25) is 5.91 Å². The number of nitriles is 1. The van der Waals surface area contributed by atoms with Gasteiger partial charge in [-0.25, -0.2) is 8.78 Å². The molecule has 1 fully saturated rings. The summed E-state index contributed by atoms with van der Waals surface area (Å²) in [4.78, 5) is 33.8. The van der Waals surface area contributed by atoms with E-state index in [9.17, 15) is 31.5 Å². The molecule has 1 saturated heterocycles. The molecule has 4 rings (SSSR count). The summed E-state index contributed by atoms with van der Waals surface area (Å²) in [5.74, 6) is -4.61. The number of carbonyl (C=O) groups excluding carboxylic acids is 2. The smallest absolute Gasteiger partial charge is 0.343 e. The van der Waals surface area contributed by atoms with Crippen LogP contribution >= 0.6 is 0 Å². The number of carbonyl (C=O) groups is 2. The summed E-state index contributed by atoms with van der Waals surface area (Å²) in [5, 5.41) is 11.9. The summed E-state index contributed by atoms with van der Waals surface area (Å²) in [7, 11) is 0. The fourth-order valence-electron chi connectivity index (χ4n) is 4.13. The molecule has 0 saturated carbocycles. The number of benzene rings is 1. The third-order valence-electron chi connectivity index (χ3n) is 6.04. The summed E-state index contributed by atoms with van der Waals surface area (Å²) >= 11 is 0. The fourth-order valence-corrected chi connectivity index (χ4v) is 4.13. The average Bonchev–Trinajstić information content (AvgIpc) is 3.20. The van der Waals surface area contributed by atoms with Gasteiger partial charge in [0.1, 0.15) is 11.7 Å². The van der Waals surface area contributed by atoms with Crippen LogP contribution in [0.15, 0.2) is 48.8 Å². The monoisotopic (exact) mass is 529 g/mol. The van der Waals surface area contributed by atoms with Gasteiger partial charge in [-0.2, -0.15) is 18.4 Å². The highest BCUT2D eigenvalue weighted by Gasteiger charge is 2.47. The first kappa shape index (κ1) is 26.7. The molecule has 3 heterocycles. The zero-order valence-corrected chi connectivity index (χ0v) is 19.9. The molecule has 1 N–H and O–H groups in total. The van der Waals surface area contributed by atoms with E-state index in [0.29, 0.717) is 27.6 Å². The first-order valence-corrected chi connectivity index (χ1v) is 11.3. The number of hydrogen-bond donors (Lipinski definition) is 1. The van der Waals surface area contributed by atoms with Crippen molar-refractivity contribution in [3.05, 3.63) is 71.2 Å². The highest BCUT2D eigenvalue weighted by molar-refractivity contribution is 6.07. The van der Waals surface area contributed by atoms with Crippen molar-refractivity contribution < 1.29 is 31.5 Å². The first-order valence-electron chi connectivity index (χ1n) is 11.3. The first-order chi connectivity index (χ1) is 17.9. The van der Waals surface area contributed by atoms with Crippen molar-refractivity contribution in [2.24, 2.45) is 0 Å². The van der Waals surface area contributed by atoms with Crippen LogP contribution in [0.25, 0.3) is 22.6 Å². The Morgan fingerprint density at radius 1 is 1.21 bits per heavy atom. The van der Waals surface area contributed by atoms with Crippen LogP contribution in [-0.4, -0.2) is 51.7 Å². The molecule has 0 spiro atoms. The number of halogens is 5. The van der Waals surface area contributed by atoms with Gasteiger partial charge in [0, 0.05) is 24.2 Å². The average molecular weight is 529 g/mol. The van der Waals surface area contributed by atoms with E-state index in [0.717, 1.165) is 17.2 Å². The second kappa shape index (κ2) is 10.2. The number of allylic oxidation sites excluding steroid dienone is 1. The number of rotatable bonds is 5. The van der Waals surface area contributed by atoms with Gasteiger partial charge in [0.15, 0.2) is 0 Å². The van der Waals surface area contributed by atoms with Crippen LogP contribution in [0.4, 0.5) is 22.0 Å². The van der Waals surface area contributed by atoms with Gasteiger partial charge >= 0.3 is 6.18 Å². The lowest BCUT2D eigenvalue weighted by atomic mass is 10.00. The largest absolute Gasteiger partial charge is 0.433 e. The van der Waals surface area contributed by atoms with Crippen molar-refractivity contribution in [2.75, 3.05) is 13.1 Å². The lowest BCUT2D eigenvalue weighted by molar-refractivity contribution is -0.141. The SMILES string of the molecule is C/C(=C\c1ccc(C(F)(F)F)nc1)c1ccc2nccc(C(=O)NCC(=O)N3CC(F)(F)CC3C#N)c2c1. The molecule has 2 aromatic heterocycles. The minimum Gasteiger partial charge on any atom is -0.343 e. The van der Waals surface area contributed by atoms with E-state index in [4.69, 9.17) is 5.26 Å². The molecule has 1 aromatic carbocycles. The molecular formula is C26H20F5N5O2. The number of nitrogens with one attached hydrogen (secondary N) is 1. The van der Waals surface area contributed by atoms with Crippen molar-refractivity contribution in [3.63, 3.8) is 0 Å². The summed E-state index contributed by atoms with van der Waals surface area (Å²) in [6.45, 7) is 0.281. The van der Waals surface area contributed by atoms with Crippen LogP contribution in [0.1, 0.15) is 40.5 Å². The summed E-state index contributed by atoms with van der Waals surface area (Å²) in [5.41, 5.74) is 1.43. The Balaban J connectivity index is 1.53. The van der Waals surface area contributed by atoms with Gasteiger partial charge < -0.3 is 10.2 Å². The van der Waals surface area contributed by atoms with Gasteiger partial charge in [-0.05, 0) is 54.0 Å². The maximum Gasteiger partial charge on any atom is 0.433 e. The van der Waals surface area contributed by atoms with E-state index in [1.54, 1.807) is 37.3 Å². The molecule has 7 nitrogen and oxygen atoms in total. The lowest BCUT2D eigenvalue weighted by Gasteiger charge is -2.19. The molecule has 0 bridgehead atoms. The number of alkyl halides is 5. The Bertz CT molecular complexity index is 1460. The zero-order chi connectivity index (χ0) is 27.7. The standard InChI is InChI=1S/C26H20F5N5O2/c1-15(8-16-2-5-22(34-12-16)26(29,30)31)17-3-4-21-20(9-17)19(6-7-33-21)24(38)35-13-23(37)36-14-25(27,28)10-18(36)11-32/h2-9,12,18H,10,13-14H2,1H3,(H,35,38)/b15-8+. The quantitative estimate of drug-likeness (QED) is 0.484. The zero-order valence-electron chi connectivity index (χ0n) is 19.9. The third kappa shape index (κ3) is 5.77. The summed E-state index contributed by atoms with van der Waals surface area (Å²) < 4.78 is 65.6. The molecule has 38 heavy (non-hydrogen) atoms. The number of likely N-dealkylation sites (tertiary alicyclic amines) is 1. The second-order valence-electron chi connectivity index (χ2n) is 8.80. The van der Waals surface area contributed by atoms with E-state index in [2.05, 4.69) is 15.3 Å². The minimum atomic E-state index is -4.54. The molecule has 196 valence electrons. The van der Waals surface area contributed by atoms with Gasteiger partial charge in [-0.3, -0.25) is 19.6 Å². The predicted octanol–water partition coefficient (Wildman–Crippen LogP) is 4.70. The van der Waals surface area contributed by atoms with Gasteiger partial charge in [-0.15, -0.1) is 0 Å². The molecule has 12 heteroatoms. The molecule has 1 atom stereocenters. The fraction of sp³-hybridized carbons (Fsp3) is 0.269. The normalized spacial score (nSPS) is 17.3. The molecule has 1 unspecified atom stereocenters. The van der Waals surface area contributed by atoms with Gasteiger partial charge in [0.25, 0.3) is 11.8 Å². The predicted molar refractivity (Wildman–Crippen MR) is 128 cm³/mol. The van der Waals surface area contributed by atoms with Crippen molar-refractivity contribution in [1.82, 2.24) is 20.2 Å². The Kier molecular flexibility index (Phi) is 7.13. The molecule has 0 radical (unpaired) electrons. The van der Waals surface area contributed by atoms with Crippen molar-refractivity contribution >= 4 is 34.4 Å². The highest BCUT2D eigenvalue weighted by Crippen LogP contribution is 2.32. The van der Waals surface area contributed by atoms with Crippen molar-refractivity contribution in [1.29, 1.82) is 5.26 Å². The molecular weight excluding hydrogens is 509 g/mol. The second-order valence-corrected chi connectivity index (χ2v) is 8.80. The van der Waals surface area contributed by atoms with E-state index in [-0.39, 0.29) is 5.56 Å². The van der Waals surface area contributed by atoms with E-state index in [1.807, 2.05) is 0 Å². The molecule has 1 aliphatic rings. The maximum absolute atomic E-state index is 13.6. The summed E-state index contributed by atoms with van der Waals surface area (Å²) in [6, 6.07) is 9.11. The number of amides is 2. The maximum atomic E-state index is 13.6. The van der Waals surface area contributed by atoms with E-state index >= 15 is 0 Å². The van der Waals surface area contributed by atoms with E-state index in [1.165, 1.54) is 18.3 Å². The van der Waals surface area contributed by atoms with E-state index < -0.39 is 55.2 Å². The summed E-state index contributed by atoms with van der Waals surface area (Å²) in [6.07, 6.45) is -1.14. The number of nitrogens with zero attached hydrogens (tertiary/aromatic N) is 4. The van der Waals surface area contributed by atoms with Crippen LogP contribution in [0, 0.1) is 11.3 Å². The van der Waals surface area contributed by atoms with Crippen LogP contribution in [0.3, 0.4) is 0 Å². The Morgan fingerprint density at radius 3 is 2.63 bits per heavy atom. The van der Waals surface area contributed by atoms with Crippen molar-refractivity contribution in [2.45, 2.75) is 31.5 Å². The van der Waals surface area contributed by atoms with Crippen LogP contribution in [0.5, 0.6) is 0 Å². The van der Waals surface area contributed by atoms with Crippen LogP contribution < -0.4 is 5.32 Å². The highest BCUT2D eigenvalue weighted by atomic mass is 19.4. The molecule has 0 aliphatic carbocycles. The van der Waals surface area contributed by atoms with Crippen molar-refractivity contribution in [3.8, 4) is 6.07 Å². The third-order valence-corrected chi connectivity index (χ3v) is 6.04. The number of pyridine rings is 2. The van der Waals surface area contributed by atoms with Gasteiger partial charge in [-0.1, -0.05) is 12.1 Å².